The highest BCUT2D eigenvalue weighted by Crippen LogP contribution is 2.21. The minimum absolute atomic E-state index is 0.188. The standard InChI is InChI=1S/C16H24ClNO2/c1-12(13-6-8-14(17)9-7-13)18-10-15(19)11-20-16-4-2-3-5-16/h6-9,12,15-16,18-19H,2-5,10-11H2,1H3/t12-,15?/m0/s1. The molecular formula is C16H24ClNO2. The van der Waals surface area contributed by atoms with Gasteiger partial charge in [0.15, 0.2) is 0 Å². The SMILES string of the molecule is C[C@H](NCC(O)COC1CCCC1)c1ccc(Cl)cc1. The van der Waals surface area contributed by atoms with Crippen LogP contribution in [0.5, 0.6) is 0 Å². The van der Waals surface area contributed by atoms with Crippen molar-refractivity contribution in [3.05, 3.63) is 34.9 Å². The molecule has 1 unspecified atom stereocenters. The van der Waals surface area contributed by atoms with Gasteiger partial charge in [-0.25, -0.2) is 0 Å². The topological polar surface area (TPSA) is 41.5 Å². The van der Waals surface area contributed by atoms with Gasteiger partial charge in [-0.05, 0) is 37.5 Å². The molecule has 1 aromatic rings. The van der Waals surface area contributed by atoms with Crippen molar-refractivity contribution in [1.29, 1.82) is 0 Å². The molecule has 0 radical (unpaired) electrons. The number of benzene rings is 1. The van der Waals surface area contributed by atoms with Crippen molar-refractivity contribution in [1.82, 2.24) is 5.32 Å². The zero-order chi connectivity index (χ0) is 14.4. The van der Waals surface area contributed by atoms with E-state index >= 15 is 0 Å². The molecule has 1 saturated carbocycles. The molecule has 1 aromatic carbocycles. The summed E-state index contributed by atoms with van der Waals surface area (Å²) in [7, 11) is 0. The minimum Gasteiger partial charge on any atom is -0.389 e. The van der Waals surface area contributed by atoms with Crippen molar-refractivity contribution in [2.24, 2.45) is 0 Å². The first-order valence-corrected chi connectivity index (χ1v) is 7.81. The Bertz CT molecular complexity index is 390. The summed E-state index contributed by atoms with van der Waals surface area (Å²) in [5.74, 6) is 0. The van der Waals surface area contributed by atoms with E-state index in [0.29, 0.717) is 19.3 Å². The molecule has 4 heteroatoms. The lowest BCUT2D eigenvalue weighted by Crippen LogP contribution is -2.33. The number of halogens is 1. The predicted octanol–water partition coefficient (Wildman–Crippen LogP) is 3.31. The molecule has 0 saturated heterocycles. The number of hydrogen-bond acceptors (Lipinski definition) is 3. The van der Waals surface area contributed by atoms with Gasteiger partial charge in [0.1, 0.15) is 0 Å². The first-order valence-electron chi connectivity index (χ1n) is 7.43. The summed E-state index contributed by atoms with van der Waals surface area (Å²) in [4.78, 5) is 0. The van der Waals surface area contributed by atoms with Crippen molar-refractivity contribution in [2.75, 3.05) is 13.2 Å². The van der Waals surface area contributed by atoms with Crippen LogP contribution >= 0.6 is 11.6 Å². The highest BCUT2D eigenvalue weighted by Gasteiger charge is 2.17. The lowest BCUT2D eigenvalue weighted by molar-refractivity contribution is -0.00610. The van der Waals surface area contributed by atoms with Crippen LogP contribution in [0.3, 0.4) is 0 Å². The van der Waals surface area contributed by atoms with Crippen molar-refractivity contribution in [3.8, 4) is 0 Å². The van der Waals surface area contributed by atoms with E-state index in [9.17, 15) is 5.11 Å². The lowest BCUT2D eigenvalue weighted by atomic mass is 10.1. The van der Waals surface area contributed by atoms with Gasteiger partial charge >= 0.3 is 0 Å². The fourth-order valence-corrected chi connectivity index (χ4v) is 2.67. The molecule has 0 aliphatic heterocycles. The lowest BCUT2D eigenvalue weighted by Gasteiger charge is -2.19. The molecule has 1 aliphatic carbocycles. The van der Waals surface area contributed by atoms with Crippen LogP contribution in [0.4, 0.5) is 0 Å². The van der Waals surface area contributed by atoms with Gasteiger partial charge in [0.2, 0.25) is 0 Å². The molecule has 0 aromatic heterocycles. The molecule has 2 atom stereocenters. The highest BCUT2D eigenvalue weighted by molar-refractivity contribution is 6.30. The average molecular weight is 298 g/mol. The molecule has 2 N–H and O–H groups in total. The van der Waals surface area contributed by atoms with Crippen molar-refractivity contribution in [3.63, 3.8) is 0 Å². The summed E-state index contributed by atoms with van der Waals surface area (Å²) < 4.78 is 5.71. The second-order valence-electron chi connectivity index (χ2n) is 5.58. The smallest absolute Gasteiger partial charge is 0.0898 e. The first-order chi connectivity index (χ1) is 9.65. The maximum Gasteiger partial charge on any atom is 0.0898 e. The van der Waals surface area contributed by atoms with E-state index in [1.807, 2.05) is 24.3 Å². The van der Waals surface area contributed by atoms with E-state index in [4.69, 9.17) is 16.3 Å². The van der Waals surface area contributed by atoms with E-state index in [-0.39, 0.29) is 6.04 Å². The Labute approximate surface area is 126 Å². The second-order valence-corrected chi connectivity index (χ2v) is 6.01. The van der Waals surface area contributed by atoms with Gasteiger partial charge in [-0.3, -0.25) is 0 Å². The van der Waals surface area contributed by atoms with Crippen LogP contribution in [0.2, 0.25) is 5.02 Å². The summed E-state index contributed by atoms with van der Waals surface area (Å²) in [6.07, 6.45) is 4.70. The number of hydrogen-bond donors (Lipinski definition) is 2. The Hall–Kier alpha value is -0.610. The minimum atomic E-state index is -0.453. The Kier molecular flexibility index (Phi) is 6.30. The molecule has 0 bridgehead atoms. The van der Waals surface area contributed by atoms with Crippen LogP contribution in [0.1, 0.15) is 44.2 Å². The molecule has 1 fully saturated rings. The van der Waals surface area contributed by atoms with Gasteiger partial charge in [0.25, 0.3) is 0 Å². The van der Waals surface area contributed by atoms with Crippen molar-refractivity contribution >= 4 is 11.6 Å². The normalized spacial score (nSPS) is 19.1. The van der Waals surface area contributed by atoms with Crippen molar-refractivity contribution < 1.29 is 9.84 Å². The Morgan fingerprint density at radius 1 is 1.30 bits per heavy atom. The summed E-state index contributed by atoms with van der Waals surface area (Å²) >= 11 is 5.87. The summed E-state index contributed by atoms with van der Waals surface area (Å²) in [6.45, 7) is 3.04. The third-order valence-corrected chi connectivity index (χ3v) is 4.11. The second kappa shape index (κ2) is 7.99. The Balaban J connectivity index is 1.66. The molecule has 112 valence electrons. The van der Waals surface area contributed by atoms with Gasteiger partial charge in [-0.15, -0.1) is 0 Å². The largest absolute Gasteiger partial charge is 0.389 e. The predicted molar refractivity (Wildman–Crippen MR) is 82.1 cm³/mol. The number of ether oxygens (including phenoxy) is 1. The summed E-state index contributed by atoms with van der Waals surface area (Å²) in [6, 6.07) is 7.96. The van der Waals surface area contributed by atoms with Gasteiger partial charge < -0.3 is 15.2 Å². The molecule has 1 aliphatic rings. The van der Waals surface area contributed by atoms with E-state index < -0.39 is 6.10 Å². The van der Waals surface area contributed by atoms with Crippen LogP contribution in [0.15, 0.2) is 24.3 Å². The van der Waals surface area contributed by atoms with Gasteiger partial charge in [0, 0.05) is 17.6 Å². The van der Waals surface area contributed by atoms with Gasteiger partial charge in [-0.1, -0.05) is 36.6 Å². The number of aliphatic hydroxyl groups excluding tert-OH is 1. The molecule has 3 nitrogen and oxygen atoms in total. The maximum atomic E-state index is 9.94. The third-order valence-electron chi connectivity index (χ3n) is 3.86. The molecule has 0 amide bonds. The van der Waals surface area contributed by atoms with Crippen LogP contribution in [-0.4, -0.2) is 30.5 Å². The van der Waals surface area contributed by atoms with Gasteiger partial charge in [0.05, 0.1) is 18.8 Å². The fraction of sp³-hybridized carbons (Fsp3) is 0.625. The maximum absolute atomic E-state index is 9.94. The molecular weight excluding hydrogens is 274 g/mol. The molecule has 20 heavy (non-hydrogen) atoms. The monoisotopic (exact) mass is 297 g/mol. The number of aliphatic hydroxyl groups is 1. The van der Waals surface area contributed by atoms with E-state index in [2.05, 4.69) is 12.2 Å². The van der Waals surface area contributed by atoms with Gasteiger partial charge in [-0.2, -0.15) is 0 Å². The summed E-state index contributed by atoms with van der Waals surface area (Å²) in [5.41, 5.74) is 1.17. The number of nitrogens with one attached hydrogen (secondary N) is 1. The zero-order valence-electron chi connectivity index (χ0n) is 12.0. The Morgan fingerprint density at radius 2 is 1.95 bits per heavy atom. The van der Waals surface area contributed by atoms with Crippen molar-refractivity contribution in [2.45, 2.75) is 50.9 Å². The average Bonchev–Trinajstić information content (AvgIpc) is 2.96. The molecule has 0 spiro atoms. The van der Waals surface area contributed by atoms with E-state index in [1.54, 1.807) is 0 Å². The van der Waals surface area contributed by atoms with Crippen LogP contribution < -0.4 is 5.32 Å². The van der Waals surface area contributed by atoms with E-state index in [0.717, 1.165) is 17.9 Å². The fourth-order valence-electron chi connectivity index (χ4n) is 2.54. The zero-order valence-corrected chi connectivity index (χ0v) is 12.8. The first kappa shape index (κ1) is 15.8. The highest BCUT2D eigenvalue weighted by atomic mass is 35.5. The number of rotatable bonds is 7. The van der Waals surface area contributed by atoms with Crippen LogP contribution in [0, 0.1) is 0 Å². The molecule has 2 rings (SSSR count). The van der Waals surface area contributed by atoms with Crippen LogP contribution in [0.25, 0.3) is 0 Å². The summed E-state index contributed by atoms with van der Waals surface area (Å²) in [5, 5.41) is 14.0. The van der Waals surface area contributed by atoms with Crippen LogP contribution in [-0.2, 0) is 4.74 Å². The molecule has 0 heterocycles. The van der Waals surface area contributed by atoms with E-state index in [1.165, 1.54) is 18.4 Å². The third kappa shape index (κ3) is 5.06. The quantitative estimate of drug-likeness (QED) is 0.811. The Morgan fingerprint density at radius 3 is 2.60 bits per heavy atom.